The topological polar surface area (TPSA) is 62.4 Å². The average molecular weight is 294 g/mol. The molecule has 6 heteroatoms. The summed E-state index contributed by atoms with van der Waals surface area (Å²) >= 11 is 5.85. The number of nitrogens with zero attached hydrogens (tertiary/aromatic N) is 3. The van der Waals surface area contributed by atoms with E-state index in [2.05, 4.69) is 15.0 Å². The van der Waals surface area contributed by atoms with Gasteiger partial charge >= 0.3 is 0 Å². The highest BCUT2D eigenvalue weighted by molar-refractivity contribution is 6.30. The number of aromatic nitrogens is 2. The van der Waals surface area contributed by atoms with E-state index in [0.717, 1.165) is 24.9 Å². The van der Waals surface area contributed by atoms with Crippen LogP contribution >= 0.6 is 11.6 Å². The SMILES string of the molecule is OC1CCCN(Cc2noc(-c3ccc(Cl)cc3)n2)C1. The van der Waals surface area contributed by atoms with E-state index < -0.39 is 0 Å². The highest BCUT2D eigenvalue weighted by Crippen LogP contribution is 2.20. The molecule has 0 bridgehead atoms. The summed E-state index contributed by atoms with van der Waals surface area (Å²) in [6.07, 6.45) is 1.63. The van der Waals surface area contributed by atoms with E-state index in [1.807, 2.05) is 12.1 Å². The van der Waals surface area contributed by atoms with Crippen LogP contribution in [-0.2, 0) is 6.54 Å². The highest BCUT2D eigenvalue weighted by Gasteiger charge is 2.19. The molecule has 106 valence electrons. The molecule has 1 saturated heterocycles. The fourth-order valence-corrected chi connectivity index (χ4v) is 2.53. The normalized spacial score (nSPS) is 20.2. The van der Waals surface area contributed by atoms with Gasteiger partial charge in [-0.1, -0.05) is 16.8 Å². The van der Waals surface area contributed by atoms with Gasteiger partial charge in [-0.15, -0.1) is 0 Å². The van der Waals surface area contributed by atoms with Crippen molar-refractivity contribution in [3.05, 3.63) is 35.1 Å². The van der Waals surface area contributed by atoms with Crippen LogP contribution in [0.4, 0.5) is 0 Å². The molecule has 2 aromatic rings. The van der Waals surface area contributed by atoms with E-state index >= 15 is 0 Å². The Morgan fingerprint density at radius 2 is 2.15 bits per heavy atom. The number of piperidine rings is 1. The van der Waals surface area contributed by atoms with Crippen LogP contribution in [0.1, 0.15) is 18.7 Å². The Bertz CT molecular complexity index is 570. The standard InChI is InChI=1S/C14H16ClN3O2/c15-11-5-3-10(4-6-11)14-16-13(17-20-14)9-18-7-1-2-12(19)8-18/h3-6,12,19H,1-2,7-9H2. The maximum absolute atomic E-state index is 9.65. The molecule has 0 spiro atoms. The van der Waals surface area contributed by atoms with Gasteiger partial charge in [-0.2, -0.15) is 4.98 Å². The van der Waals surface area contributed by atoms with Gasteiger partial charge in [0.1, 0.15) is 0 Å². The van der Waals surface area contributed by atoms with Gasteiger partial charge in [-0.05, 0) is 43.7 Å². The minimum absolute atomic E-state index is 0.244. The van der Waals surface area contributed by atoms with Gasteiger partial charge in [0.2, 0.25) is 0 Å². The second kappa shape index (κ2) is 5.91. The highest BCUT2D eigenvalue weighted by atomic mass is 35.5. The van der Waals surface area contributed by atoms with Crippen LogP contribution < -0.4 is 0 Å². The van der Waals surface area contributed by atoms with Gasteiger partial charge in [-0.3, -0.25) is 4.90 Å². The summed E-state index contributed by atoms with van der Waals surface area (Å²) in [5.74, 6) is 1.14. The first-order valence-electron chi connectivity index (χ1n) is 6.69. The molecule has 0 radical (unpaired) electrons. The Morgan fingerprint density at radius 1 is 1.35 bits per heavy atom. The first-order chi connectivity index (χ1) is 9.70. The van der Waals surface area contributed by atoms with Crippen LogP contribution in [0.5, 0.6) is 0 Å². The van der Waals surface area contributed by atoms with Gasteiger partial charge in [0, 0.05) is 17.1 Å². The minimum atomic E-state index is -0.244. The van der Waals surface area contributed by atoms with Gasteiger partial charge in [0.15, 0.2) is 5.82 Å². The van der Waals surface area contributed by atoms with Crippen molar-refractivity contribution >= 4 is 11.6 Å². The number of likely N-dealkylation sites (tertiary alicyclic amines) is 1. The Morgan fingerprint density at radius 3 is 2.90 bits per heavy atom. The Balaban J connectivity index is 1.69. The Kier molecular flexibility index (Phi) is 4.00. The van der Waals surface area contributed by atoms with E-state index in [-0.39, 0.29) is 6.10 Å². The summed E-state index contributed by atoms with van der Waals surface area (Å²) in [5.41, 5.74) is 0.854. The zero-order valence-corrected chi connectivity index (χ0v) is 11.8. The molecule has 3 rings (SSSR count). The van der Waals surface area contributed by atoms with Gasteiger partial charge < -0.3 is 9.63 Å². The molecule has 1 aromatic carbocycles. The van der Waals surface area contributed by atoms with Gasteiger partial charge in [-0.25, -0.2) is 0 Å². The summed E-state index contributed by atoms with van der Waals surface area (Å²) in [4.78, 5) is 6.53. The molecule has 1 aromatic heterocycles. The fourth-order valence-electron chi connectivity index (χ4n) is 2.40. The van der Waals surface area contributed by atoms with Crippen molar-refractivity contribution in [3.63, 3.8) is 0 Å². The lowest BCUT2D eigenvalue weighted by molar-refractivity contribution is 0.0651. The average Bonchev–Trinajstić information content (AvgIpc) is 2.88. The third kappa shape index (κ3) is 3.17. The van der Waals surface area contributed by atoms with Crippen LogP contribution in [0.2, 0.25) is 5.02 Å². The molecule has 1 fully saturated rings. The quantitative estimate of drug-likeness (QED) is 0.941. The lowest BCUT2D eigenvalue weighted by Crippen LogP contribution is -2.37. The van der Waals surface area contributed by atoms with Crippen LogP contribution in [0, 0.1) is 0 Å². The number of halogens is 1. The molecule has 0 saturated carbocycles. The number of hydrogen-bond acceptors (Lipinski definition) is 5. The zero-order chi connectivity index (χ0) is 13.9. The monoisotopic (exact) mass is 293 g/mol. The third-order valence-electron chi connectivity index (χ3n) is 3.40. The van der Waals surface area contributed by atoms with Gasteiger partial charge in [0.05, 0.1) is 12.6 Å². The molecule has 2 heterocycles. The molecule has 20 heavy (non-hydrogen) atoms. The predicted molar refractivity (Wildman–Crippen MR) is 75.3 cm³/mol. The number of benzene rings is 1. The summed E-state index contributed by atoms with van der Waals surface area (Å²) in [5, 5.41) is 14.3. The van der Waals surface area contributed by atoms with E-state index in [0.29, 0.717) is 29.8 Å². The minimum Gasteiger partial charge on any atom is -0.392 e. The van der Waals surface area contributed by atoms with Crippen molar-refractivity contribution in [2.24, 2.45) is 0 Å². The lowest BCUT2D eigenvalue weighted by atomic mass is 10.1. The summed E-state index contributed by atoms with van der Waals surface area (Å²) < 4.78 is 5.27. The number of aliphatic hydroxyl groups is 1. The van der Waals surface area contributed by atoms with E-state index in [4.69, 9.17) is 16.1 Å². The smallest absolute Gasteiger partial charge is 0.257 e. The van der Waals surface area contributed by atoms with E-state index in [1.165, 1.54) is 0 Å². The van der Waals surface area contributed by atoms with E-state index in [9.17, 15) is 5.11 Å². The van der Waals surface area contributed by atoms with Crippen molar-refractivity contribution in [3.8, 4) is 11.5 Å². The molecular formula is C14H16ClN3O2. The molecule has 1 aliphatic rings. The molecule has 1 unspecified atom stereocenters. The zero-order valence-electron chi connectivity index (χ0n) is 11.0. The number of hydrogen-bond donors (Lipinski definition) is 1. The summed E-state index contributed by atoms with van der Waals surface area (Å²) in [7, 11) is 0. The Hall–Kier alpha value is -1.43. The molecule has 1 N–H and O–H groups in total. The van der Waals surface area contributed by atoms with Crippen LogP contribution in [0.15, 0.2) is 28.8 Å². The Labute approximate surface area is 122 Å². The van der Waals surface area contributed by atoms with Gasteiger partial charge in [0.25, 0.3) is 5.89 Å². The van der Waals surface area contributed by atoms with Crippen molar-refractivity contribution in [2.45, 2.75) is 25.5 Å². The fraction of sp³-hybridized carbons (Fsp3) is 0.429. The third-order valence-corrected chi connectivity index (χ3v) is 3.66. The molecule has 5 nitrogen and oxygen atoms in total. The summed E-state index contributed by atoms with van der Waals surface area (Å²) in [6, 6.07) is 7.29. The van der Waals surface area contributed by atoms with Crippen molar-refractivity contribution in [2.75, 3.05) is 13.1 Å². The van der Waals surface area contributed by atoms with Crippen molar-refractivity contribution in [1.82, 2.24) is 15.0 Å². The number of β-amino-alcohol motifs (C(OH)–C–C–N with tert-alkyl or cyclic N) is 1. The second-order valence-electron chi connectivity index (χ2n) is 5.05. The molecule has 1 aliphatic heterocycles. The maximum Gasteiger partial charge on any atom is 0.257 e. The molecular weight excluding hydrogens is 278 g/mol. The van der Waals surface area contributed by atoms with Crippen molar-refractivity contribution < 1.29 is 9.63 Å². The summed E-state index contributed by atoms with van der Waals surface area (Å²) in [6.45, 7) is 2.24. The number of rotatable bonds is 3. The molecule has 0 aliphatic carbocycles. The molecule has 0 amide bonds. The maximum atomic E-state index is 9.65. The van der Waals surface area contributed by atoms with Crippen molar-refractivity contribution in [1.29, 1.82) is 0 Å². The van der Waals surface area contributed by atoms with Crippen LogP contribution in [0.25, 0.3) is 11.5 Å². The largest absolute Gasteiger partial charge is 0.392 e. The van der Waals surface area contributed by atoms with E-state index in [1.54, 1.807) is 12.1 Å². The first kappa shape index (κ1) is 13.5. The van der Waals surface area contributed by atoms with Crippen LogP contribution in [0.3, 0.4) is 0 Å². The van der Waals surface area contributed by atoms with Crippen LogP contribution in [-0.4, -0.2) is 39.3 Å². The lowest BCUT2D eigenvalue weighted by Gasteiger charge is -2.28. The first-order valence-corrected chi connectivity index (χ1v) is 7.07. The number of aliphatic hydroxyl groups excluding tert-OH is 1. The molecule has 1 atom stereocenters. The second-order valence-corrected chi connectivity index (χ2v) is 5.49. The predicted octanol–water partition coefficient (Wildman–Crippen LogP) is 2.35.